The van der Waals surface area contributed by atoms with Gasteiger partial charge >= 0.3 is 5.97 Å². The summed E-state index contributed by atoms with van der Waals surface area (Å²) in [7, 11) is 0. The molecule has 202 valence electrons. The first kappa shape index (κ1) is 32.8. The summed E-state index contributed by atoms with van der Waals surface area (Å²) in [6, 6.07) is 0. The van der Waals surface area contributed by atoms with Crippen molar-refractivity contribution < 1.29 is 38.6 Å². The number of hydrogen-bond acceptors (Lipinski definition) is 8. The Balaban J connectivity index is 3.72. The van der Waals surface area contributed by atoms with Crippen LogP contribution in [0.15, 0.2) is 0 Å². The topological polar surface area (TPSA) is 162 Å². The first-order valence-corrected chi connectivity index (χ1v) is 12.3. The molecule has 1 amide bonds. The van der Waals surface area contributed by atoms with Gasteiger partial charge in [-0.05, 0) is 46.5 Å². The number of carboxylic acid groups (broad SMARTS) is 1. The lowest BCUT2D eigenvalue weighted by atomic mass is 9.87. The summed E-state index contributed by atoms with van der Waals surface area (Å²) >= 11 is 0. The van der Waals surface area contributed by atoms with Crippen molar-refractivity contribution in [3.63, 3.8) is 0 Å². The summed E-state index contributed by atoms with van der Waals surface area (Å²) in [5, 5.41) is 11.5. The third kappa shape index (κ3) is 17.9. The number of hydrogen-bond donors (Lipinski definition) is 3. The van der Waals surface area contributed by atoms with Gasteiger partial charge in [-0.3, -0.25) is 24.0 Å². The molecule has 0 heterocycles. The molecule has 0 aliphatic rings. The van der Waals surface area contributed by atoms with E-state index in [1.54, 1.807) is 20.8 Å². The summed E-state index contributed by atoms with van der Waals surface area (Å²) in [4.78, 5) is 58.1. The Morgan fingerprint density at radius 1 is 0.943 bits per heavy atom. The zero-order valence-corrected chi connectivity index (χ0v) is 21.7. The van der Waals surface area contributed by atoms with E-state index in [0.717, 1.165) is 0 Å². The minimum atomic E-state index is -0.949. The van der Waals surface area contributed by atoms with Crippen LogP contribution in [0.25, 0.3) is 0 Å². The predicted octanol–water partition coefficient (Wildman–Crippen LogP) is 2.06. The standard InChI is InChI=1S/C25H44N2O8/c1-18(24(32)33)10-11-21(29)9-7-13-34-14-15-35-17-23(31)27-12-6-5-8-20(19(2)28)16-22(30)25(3,4)26/h18,20H,5-17,26H2,1-4H3,(H,27,31)(H,32,33)/t18-,20+/m0/s1. The van der Waals surface area contributed by atoms with E-state index in [-0.39, 0.29) is 55.2 Å². The second-order valence-corrected chi connectivity index (χ2v) is 9.59. The molecule has 10 heteroatoms. The number of rotatable bonds is 22. The van der Waals surface area contributed by atoms with Gasteiger partial charge in [0, 0.05) is 38.3 Å². The molecule has 0 bridgehead atoms. The van der Waals surface area contributed by atoms with Crippen molar-refractivity contribution in [3.05, 3.63) is 0 Å². The van der Waals surface area contributed by atoms with Crippen LogP contribution in [-0.4, -0.2) is 72.8 Å². The second-order valence-electron chi connectivity index (χ2n) is 9.59. The van der Waals surface area contributed by atoms with E-state index in [1.807, 2.05) is 0 Å². The number of ether oxygens (including phenoxy) is 2. The lowest BCUT2D eigenvalue weighted by Crippen LogP contribution is -2.42. The van der Waals surface area contributed by atoms with Gasteiger partial charge in [0.25, 0.3) is 0 Å². The number of nitrogens with one attached hydrogen (secondary N) is 1. The van der Waals surface area contributed by atoms with Crippen LogP contribution >= 0.6 is 0 Å². The number of aliphatic carboxylic acids is 1. The number of nitrogens with two attached hydrogens (primary N) is 1. The molecule has 10 nitrogen and oxygen atoms in total. The average molecular weight is 501 g/mol. The minimum absolute atomic E-state index is 0.0273. The van der Waals surface area contributed by atoms with Gasteiger partial charge in [0.2, 0.25) is 5.91 Å². The fourth-order valence-electron chi connectivity index (χ4n) is 3.11. The highest BCUT2D eigenvalue weighted by molar-refractivity contribution is 5.91. The summed E-state index contributed by atoms with van der Waals surface area (Å²) in [6.07, 6.45) is 3.63. The molecule has 0 unspecified atom stereocenters. The van der Waals surface area contributed by atoms with Crippen LogP contribution in [0.3, 0.4) is 0 Å². The monoisotopic (exact) mass is 500 g/mol. The van der Waals surface area contributed by atoms with Crippen molar-refractivity contribution in [2.45, 2.75) is 84.6 Å². The van der Waals surface area contributed by atoms with Crippen LogP contribution < -0.4 is 11.1 Å². The van der Waals surface area contributed by atoms with Crippen molar-refractivity contribution in [1.82, 2.24) is 5.32 Å². The van der Waals surface area contributed by atoms with Crippen LogP contribution in [0.4, 0.5) is 0 Å². The highest BCUT2D eigenvalue weighted by atomic mass is 16.5. The van der Waals surface area contributed by atoms with Crippen molar-refractivity contribution >= 4 is 29.2 Å². The van der Waals surface area contributed by atoms with Crippen LogP contribution in [0.5, 0.6) is 0 Å². The first-order chi connectivity index (χ1) is 16.3. The number of unbranched alkanes of at least 4 members (excludes halogenated alkanes) is 1. The molecule has 0 radical (unpaired) electrons. The van der Waals surface area contributed by atoms with Gasteiger partial charge in [-0.2, -0.15) is 0 Å². The molecule has 0 saturated carbocycles. The molecular weight excluding hydrogens is 456 g/mol. The molecule has 0 aromatic carbocycles. The number of ketones is 3. The Labute approximate surface area is 208 Å². The van der Waals surface area contributed by atoms with Gasteiger partial charge in [-0.25, -0.2) is 0 Å². The van der Waals surface area contributed by atoms with E-state index < -0.39 is 17.4 Å². The zero-order chi connectivity index (χ0) is 26.9. The maximum Gasteiger partial charge on any atom is 0.306 e. The lowest BCUT2D eigenvalue weighted by Gasteiger charge is -2.20. The molecule has 0 spiro atoms. The van der Waals surface area contributed by atoms with E-state index in [9.17, 15) is 24.0 Å². The maximum absolute atomic E-state index is 12.1. The summed E-state index contributed by atoms with van der Waals surface area (Å²) in [5.74, 6) is -2.14. The molecular formula is C25H44N2O8. The van der Waals surface area contributed by atoms with E-state index in [1.165, 1.54) is 6.92 Å². The van der Waals surface area contributed by atoms with Gasteiger partial charge in [-0.1, -0.05) is 13.3 Å². The Bertz CT molecular complexity index is 687. The molecule has 0 rings (SSSR count). The SMILES string of the molecule is CC(=O)[C@H](CCCCNC(=O)COCCOCCCC(=O)CC[C@H](C)C(=O)O)CC(=O)C(C)(C)N. The number of carboxylic acids is 1. The summed E-state index contributed by atoms with van der Waals surface area (Å²) in [6.45, 7) is 7.66. The smallest absolute Gasteiger partial charge is 0.306 e. The molecule has 0 aliphatic heterocycles. The number of carbonyl (C=O) groups excluding carboxylic acids is 4. The van der Waals surface area contributed by atoms with Crippen molar-refractivity contribution in [1.29, 1.82) is 0 Å². The highest BCUT2D eigenvalue weighted by Gasteiger charge is 2.26. The van der Waals surface area contributed by atoms with Gasteiger partial charge in [0.1, 0.15) is 18.2 Å². The maximum atomic E-state index is 12.1. The minimum Gasteiger partial charge on any atom is -0.481 e. The Hall–Kier alpha value is -2.17. The van der Waals surface area contributed by atoms with Crippen molar-refractivity contribution in [2.75, 3.05) is 33.0 Å². The number of carbonyl (C=O) groups is 5. The Morgan fingerprint density at radius 3 is 2.20 bits per heavy atom. The van der Waals surface area contributed by atoms with Gasteiger partial charge in [-0.15, -0.1) is 0 Å². The largest absolute Gasteiger partial charge is 0.481 e. The van der Waals surface area contributed by atoms with Crippen LogP contribution in [0.1, 0.15) is 79.1 Å². The molecule has 0 aromatic rings. The number of amides is 1. The normalized spacial score (nSPS) is 13.2. The third-order valence-corrected chi connectivity index (χ3v) is 5.65. The van der Waals surface area contributed by atoms with E-state index in [2.05, 4.69) is 5.32 Å². The lowest BCUT2D eigenvalue weighted by molar-refractivity contribution is -0.141. The van der Waals surface area contributed by atoms with Crippen molar-refractivity contribution in [3.8, 4) is 0 Å². The molecule has 0 aromatic heterocycles. The Kier molecular flexibility index (Phi) is 17.0. The first-order valence-electron chi connectivity index (χ1n) is 12.3. The zero-order valence-electron chi connectivity index (χ0n) is 21.7. The van der Waals surface area contributed by atoms with Crippen LogP contribution in [-0.2, 0) is 33.4 Å². The molecule has 2 atom stereocenters. The second kappa shape index (κ2) is 18.1. The van der Waals surface area contributed by atoms with Crippen molar-refractivity contribution in [2.24, 2.45) is 17.6 Å². The fraction of sp³-hybridized carbons (Fsp3) is 0.800. The van der Waals surface area contributed by atoms with Gasteiger partial charge in [0.15, 0.2) is 5.78 Å². The van der Waals surface area contributed by atoms with Crippen LogP contribution in [0.2, 0.25) is 0 Å². The highest BCUT2D eigenvalue weighted by Crippen LogP contribution is 2.17. The molecule has 4 N–H and O–H groups in total. The number of Topliss-reactive ketones (excluding diaryl/α,β-unsaturated/α-hetero) is 3. The van der Waals surface area contributed by atoms with Gasteiger partial charge < -0.3 is 25.6 Å². The fourth-order valence-corrected chi connectivity index (χ4v) is 3.11. The summed E-state index contributed by atoms with van der Waals surface area (Å²) < 4.78 is 10.6. The molecule has 0 saturated heterocycles. The van der Waals surface area contributed by atoms with Gasteiger partial charge in [0.05, 0.1) is 24.7 Å². The third-order valence-electron chi connectivity index (χ3n) is 5.65. The van der Waals surface area contributed by atoms with Crippen LogP contribution in [0, 0.1) is 11.8 Å². The van der Waals surface area contributed by atoms with E-state index in [0.29, 0.717) is 58.3 Å². The average Bonchev–Trinajstić information content (AvgIpc) is 2.76. The summed E-state index contributed by atoms with van der Waals surface area (Å²) in [5.41, 5.74) is 4.85. The van der Waals surface area contributed by atoms with E-state index in [4.69, 9.17) is 20.3 Å². The predicted molar refractivity (Wildman–Crippen MR) is 131 cm³/mol. The molecule has 0 fully saturated rings. The Morgan fingerprint density at radius 2 is 1.60 bits per heavy atom. The molecule has 0 aliphatic carbocycles. The molecule has 35 heavy (non-hydrogen) atoms. The van der Waals surface area contributed by atoms with E-state index >= 15 is 0 Å². The quantitative estimate of drug-likeness (QED) is 0.189.